The number of isocyanates is 1. The van der Waals surface area contributed by atoms with Gasteiger partial charge in [-0.25, -0.2) is 4.79 Å². The van der Waals surface area contributed by atoms with Crippen molar-refractivity contribution in [2.24, 2.45) is 4.99 Å². The Morgan fingerprint density at radius 2 is 2.12 bits per heavy atom. The fraction of sp³-hybridized carbons (Fsp3) is 0.364. The van der Waals surface area contributed by atoms with Crippen molar-refractivity contribution in [3.05, 3.63) is 23.2 Å². The minimum atomic E-state index is 0.560. The molecular weight excluding hydrogens is 228 g/mol. The van der Waals surface area contributed by atoms with Gasteiger partial charge >= 0.3 is 0 Å². The monoisotopic (exact) mass is 238 g/mol. The number of hydrogen-bond donors (Lipinski definition) is 0. The summed E-state index contributed by atoms with van der Waals surface area (Å²) < 4.78 is 5.27. The molecule has 1 aromatic rings. The van der Waals surface area contributed by atoms with Gasteiger partial charge in [0.1, 0.15) is 5.69 Å². The van der Waals surface area contributed by atoms with Gasteiger partial charge < -0.3 is 9.64 Å². The molecule has 0 saturated carbocycles. The third kappa shape index (κ3) is 2.25. The molecule has 4 nitrogen and oxygen atoms in total. The van der Waals surface area contributed by atoms with E-state index in [9.17, 15) is 4.79 Å². The first-order chi connectivity index (χ1) is 7.83. The molecule has 1 aliphatic heterocycles. The normalized spacial score (nSPS) is 15.7. The minimum Gasteiger partial charge on any atom is -0.378 e. The Hall–Kier alpha value is -1.35. The maximum atomic E-state index is 10.3. The molecule has 0 aliphatic carbocycles. The Bertz CT molecular complexity index is 424. The quantitative estimate of drug-likeness (QED) is 0.586. The van der Waals surface area contributed by atoms with Crippen molar-refractivity contribution in [1.82, 2.24) is 0 Å². The van der Waals surface area contributed by atoms with Gasteiger partial charge in [0.15, 0.2) is 0 Å². The van der Waals surface area contributed by atoms with Crippen LogP contribution in [-0.4, -0.2) is 32.4 Å². The summed E-state index contributed by atoms with van der Waals surface area (Å²) in [5, 5.41) is 0.596. The second-order valence-corrected chi connectivity index (χ2v) is 3.82. The van der Waals surface area contributed by atoms with Crippen LogP contribution in [0.25, 0.3) is 0 Å². The zero-order valence-corrected chi connectivity index (χ0v) is 9.41. The van der Waals surface area contributed by atoms with Crippen LogP contribution in [0.5, 0.6) is 0 Å². The number of nitrogens with zero attached hydrogens (tertiary/aromatic N) is 2. The Balaban J connectivity index is 2.39. The number of halogens is 1. The fourth-order valence-electron chi connectivity index (χ4n) is 1.74. The van der Waals surface area contributed by atoms with Crippen LogP contribution in [-0.2, 0) is 9.53 Å². The predicted octanol–water partition coefficient (Wildman–Crippen LogP) is 2.14. The van der Waals surface area contributed by atoms with E-state index in [0.717, 1.165) is 18.8 Å². The van der Waals surface area contributed by atoms with E-state index in [0.29, 0.717) is 23.9 Å². The summed E-state index contributed by atoms with van der Waals surface area (Å²) in [4.78, 5) is 16.1. The highest BCUT2D eigenvalue weighted by Crippen LogP contribution is 2.35. The lowest BCUT2D eigenvalue weighted by Crippen LogP contribution is -2.36. The molecule has 2 rings (SSSR count). The summed E-state index contributed by atoms with van der Waals surface area (Å²) in [7, 11) is 0. The highest BCUT2D eigenvalue weighted by atomic mass is 35.5. The van der Waals surface area contributed by atoms with Crippen LogP contribution in [0, 0.1) is 0 Å². The van der Waals surface area contributed by atoms with Crippen LogP contribution in [0.2, 0.25) is 5.02 Å². The molecule has 0 radical (unpaired) electrons. The molecule has 1 heterocycles. The van der Waals surface area contributed by atoms with Gasteiger partial charge in [-0.05, 0) is 12.1 Å². The zero-order valence-electron chi connectivity index (χ0n) is 8.65. The SMILES string of the molecule is O=C=Nc1cccc(Cl)c1N1CCOCC1. The zero-order chi connectivity index (χ0) is 11.4. The number of carbonyl (C=O) groups excluding carboxylic acids is 1. The van der Waals surface area contributed by atoms with Gasteiger partial charge in [0.25, 0.3) is 0 Å². The molecule has 0 spiro atoms. The van der Waals surface area contributed by atoms with E-state index >= 15 is 0 Å². The minimum absolute atomic E-state index is 0.560. The second kappa shape index (κ2) is 5.12. The second-order valence-electron chi connectivity index (χ2n) is 3.41. The maximum Gasteiger partial charge on any atom is 0.240 e. The molecule has 1 saturated heterocycles. The fourth-order valence-corrected chi connectivity index (χ4v) is 2.03. The van der Waals surface area contributed by atoms with Crippen molar-refractivity contribution in [3.8, 4) is 0 Å². The number of morpholine rings is 1. The van der Waals surface area contributed by atoms with Crippen molar-refractivity contribution in [1.29, 1.82) is 0 Å². The largest absolute Gasteiger partial charge is 0.378 e. The van der Waals surface area contributed by atoms with Gasteiger partial charge in [-0.15, -0.1) is 0 Å². The Labute approximate surface area is 98.5 Å². The van der Waals surface area contributed by atoms with E-state index in [1.54, 1.807) is 24.3 Å². The molecule has 1 aliphatic rings. The van der Waals surface area contributed by atoms with Crippen molar-refractivity contribution in [2.45, 2.75) is 0 Å². The lowest BCUT2D eigenvalue weighted by atomic mass is 10.2. The van der Waals surface area contributed by atoms with E-state index in [1.807, 2.05) is 0 Å². The van der Waals surface area contributed by atoms with Crippen molar-refractivity contribution in [2.75, 3.05) is 31.2 Å². The number of benzene rings is 1. The molecule has 0 bridgehead atoms. The maximum absolute atomic E-state index is 10.3. The van der Waals surface area contributed by atoms with Crippen molar-refractivity contribution < 1.29 is 9.53 Å². The molecule has 5 heteroatoms. The van der Waals surface area contributed by atoms with Crippen LogP contribution in [0.3, 0.4) is 0 Å². The highest BCUT2D eigenvalue weighted by Gasteiger charge is 2.17. The average molecular weight is 239 g/mol. The van der Waals surface area contributed by atoms with Gasteiger partial charge in [-0.3, -0.25) is 0 Å². The molecule has 1 aromatic carbocycles. The molecule has 0 unspecified atom stereocenters. The summed E-state index contributed by atoms with van der Waals surface area (Å²) in [6.45, 7) is 2.83. The van der Waals surface area contributed by atoms with Crippen molar-refractivity contribution in [3.63, 3.8) is 0 Å². The van der Waals surface area contributed by atoms with Gasteiger partial charge in [0.05, 0.1) is 23.9 Å². The molecule has 16 heavy (non-hydrogen) atoms. The Morgan fingerprint density at radius 3 is 2.81 bits per heavy atom. The number of anilines is 1. The molecule has 0 N–H and O–H groups in total. The lowest BCUT2D eigenvalue weighted by molar-refractivity contribution is 0.123. The van der Waals surface area contributed by atoms with Crippen LogP contribution >= 0.6 is 11.6 Å². The smallest absolute Gasteiger partial charge is 0.240 e. The first-order valence-corrected chi connectivity index (χ1v) is 5.40. The summed E-state index contributed by atoms with van der Waals surface area (Å²) in [5.74, 6) is 0. The lowest BCUT2D eigenvalue weighted by Gasteiger charge is -2.30. The molecular formula is C11H11ClN2O2. The first-order valence-electron chi connectivity index (χ1n) is 5.02. The number of para-hydroxylation sites is 1. The Morgan fingerprint density at radius 1 is 1.38 bits per heavy atom. The molecule has 0 aromatic heterocycles. The van der Waals surface area contributed by atoms with Gasteiger partial charge in [0, 0.05) is 13.1 Å². The summed E-state index contributed by atoms with van der Waals surface area (Å²) >= 11 is 6.13. The van der Waals surface area contributed by atoms with Gasteiger partial charge in [0.2, 0.25) is 6.08 Å². The number of aliphatic imine (C=N–C) groups is 1. The van der Waals surface area contributed by atoms with Crippen molar-refractivity contribution >= 4 is 29.1 Å². The third-order valence-corrected chi connectivity index (χ3v) is 2.76. The summed E-state index contributed by atoms with van der Waals surface area (Å²) in [5.41, 5.74) is 1.35. The van der Waals surface area contributed by atoms with Crippen LogP contribution in [0.4, 0.5) is 11.4 Å². The van der Waals surface area contributed by atoms with E-state index in [4.69, 9.17) is 16.3 Å². The average Bonchev–Trinajstić information content (AvgIpc) is 2.31. The standard InChI is InChI=1S/C11H11ClN2O2/c12-9-2-1-3-10(13-8-15)11(9)14-4-6-16-7-5-14/h1-3H,4-7H2. The van der Waals surface area contributed by atoms with Crippen LogP contribution < -0.4 is 4.90 Å². The molecule has 0 amide bonds. The molecule has 0 atom stereocenters. The number of ether oxygens (including phenoxy) is 1. The van der Waals surface area contributed by atoms with E-state index in [1.165, 1.54) is 0 Å². The summed E-state index contributed by atoms with van der Waals surface area (Å²) in [6, 6.07) is 5.31. The number of rotatable bonds is 2. The van der Waals surface area contributed by atoms with E-state index in [-0.39, 0.29) is 0 Å². The number of hydrogen-bond acceptors (Lipinski definition) is 4. The molecule has 1 fully saturated rings. The van der Waals surface area contributed by atoms with Crippen LogP contribution in [0.15, 0.2) is 23.2 Å². The van der Waals surface area contributed by atoms with Crippen LogP contribution in [0.1, 0.15) is 0 Å². The van der Waals surface area contributed by atoms with Gasteiger partial charge in [-0.1, -0.05) is 17.7 Å². The Kier molecular flexibility index (Phi) is 3.57. The first kappa shape index (κ1) is 11.1. The van der Waals surface area contributed by atoms with Gasteiger partial charge in [-0.2, -0.15) is 4.99 Å². The predicted molar refractivity (Wildman–Crippen MR) is 62.3 cm³/mol. The van der Waals surface area contributed by atoms with E-state index in [2.05, 4.69) is 9.89 Å². The molecule has 84 valence electrons. The van der Waals surface area contributed by atoms with E-state index < -0.39 is 0 Å². The topological polar surface area (TPSA) is 41.9 Å². The highest BCUT2D eigenvalue weighted by molar-refractivity contribution is 6.34. The summed E-state index contributed by atoms with van der Waals surface area (Å²) in [6.07, 6.45) is 1.55. The third-order valence-electron chi connectivity index (χ3n) is 2.46.